The molecule has 7 heteroatoms. The third kappa shape index (κ3) is 3.04. The largest absolute Gasteiger partial charge is 0.493 e. The maximum atomic E-state index is 12.6. The van der Waals surface area contributed by atoms with Crippen molar-refractivity contribution < 1.29 is 33.3 Å². The Balaban J connectivity index is 2.13. The van der Waals surface area contributed by atoms with E-state index < -0.39 is 18.0 Å². The zero-order chi connectivity index (χ0) is 18.1. The second-order valence-corrected chi connectivity index (χ2v) is 6.15. The number of hydrogen-bond donors (Lipinski definition) is 0. The van der Waals surface area contributed by atoms with Crippen LogP contribution in [0, 0.1) is 0 Å². The third-order valence-electron chi connectivity index (χ3n) is 4.45. The third-order valence-corrected chi connectivity index (χ3v) is 4.45. The summed E-state index contributed by atoms with van der Waals surface area (Å²) >= 11 is 0. The van der Waals surface area contributed by atoms with Gasteiger partial charge in [-0.3, -0.25) is 4.79 Å². The standard InChI is InChI=1S/C18H22O7/c1-5-6-10-7-13-15(24-10)11-8-12(21-3)16(22-4)17(23-9(2)19)14(11)18(20)25-13/h8,10,13,15H,5-7H2,1-4H3/t10-,13+,15+/m0/s1. The van der Waals surface area contributed by atoms with E-state index in [0.29, 0.717) is 17.7 Å². The lowest BCUT2D eigenvalue weighted by Crippen LogP contribution is -2.30. The number of esters is 2. The minimum absolute atomic E-state index is 0.00958. The van der Waals surface area contributed by atoms with E-state index in [9.17, 15) is 9.59 Å². The zero-order valence-electron chi connectivity index (χ0n) is 14.8. The van der Waals surface area contributed by atoms with Crippen LogP contribution < -0.4 is 14.2 Å². The van der Waals surface area contributed by atoms with Gasteiger partial charge in [0, 0.05) is 18.9 Å². The molecule has 0 radical (unpaired) electrons. The number of rotatable bonds is 5. The van der Waals surface area contributed by atoms with Crippen molar-refractivity contribution in [3.8, 4) is 17.2 Å². The Bertz CT molecular complexity index is 697. The molecule has 0 unspecified atom stereocenters. The normalized spacial score (nSPS) is 24.2. The molecule has 7 nitrogen and oxygen atoms in total. The van der Waals surface area contributed by atoms with E-state index in [1.54, 1.807) is 6.07 Å². The molecular weight excluding hydrogens is 328 g/mol. The number of ether oxygens (including phenoxy) is 5. The number of carbonyl (C=O) groups excluding carboxylic acids is 2. The van der Waals surface area contributed by atoms with Crippen molar-refractivity contribution in [2.24, 2.45) is 0 Å². The SMILES string of the molecule is CCC[C@H]1C[C@H]2OC(=O)c3c(cc(OC)c(OC)c3OC(C)=O)[C@H]2O1. The number of carbonyl (C=O) groups is 2. The highest BCUT2D eigenvalue weighted by Gasteiger charge is 2.46. The Morgan fingerprint density at radius 3 is 2.64 bits per heavy atom. The predicted octanol–water partition coefficient (Wildman–Crippen LogP) is 2.80. The Morgan fingerprint density at radius 2 is 2.04 bits per heavy atom. The second kappa shape index (κ2) is 6.92. The van der Waals surface area contributed by atoms with Crippen molar-refractivity contribution in [2.45, 2.75) is 51.4 Å². The van der Waals surface area contributed by atoms with Gasteiger partial charge in [-0.25, -0.2) is 4.79 Å². The molecule has 0 aromatic heterocycles. The number of methoxy groups -OCH3 is 2. The lowest BCUT2D eigenvalue weighted by molar-refractivity contribution is -0.132. The fraction of sp³-hybridized carbons (Fsp3) is 0.556. The molecule has 2 aliphatic heterocycles. The summed E-state index contributed by atoms with van der Waals surface area (Å²) in [6.45, 7) is 3.34. The highest BCUT2D eigenvalue weighted by molar-refractivity contribution is 5.98. The molecule has 0 amide bonds. The highest BCUT2D eigenvalue weighted by atomic mass is 16.6. The maximum absolute atomic E-state index is 12.6. The average Bonchev–Trinajstić information content (AvgIpc) is 2.96. The molecule has 1 aromatic rings. The predicted molar refractivity (Wildman–Crippen MR) is 87.2 cm³/mol. The van der Waals surface area contributed by atoms with E-state index in [1.807, 2.05) is 0 Å². The molecule has 0 bridgehead atoms. The van der Waals surface area contributed by atoms with Gasteiger partial charge in [-0.1, -0.05) is 13.3 Å². The number of benzene rings is 1. The summed E-state index contributed by atoms with van der Waals surface area (Å²) in [5.41, 5.74) is 0.764. The van der Waals surface area contributed by atoms with Gasteiger partial charge in [-0.2, -0.15) is 0 Å². The number of fused-ring (bicyclic) bond motifs is 3. The minimum atomic E-state index is -0.570. The molecule has 0 N–H and O–H groups in total. The van der Waals surface area contributed by atoms with Crippen LogP contribution in [0.5, 0.6) is 17.2 Å². The van der Waals surface area contributed by atoms with Crippen LogP contribution in [-0.4, -0.2) is 38.4 Å². The summed E-state index contributed by atoms with van der Waals surface area (Å²) in [5.74, 6) is -0.562. The molecule has 1 fully saturated rings. The molecule has 3 rings (SSSR count). The number of hydrogen-bond acceptors (Lipinski definition) is 7. The first-order valence-corrected chi connectivity index (χ1v) is 8.33. The van der Waals surface area contributed by atoms with Gasteiger partial charge in [0.1, 0.15) is 17.8 Å². The first kappa shape index (κ1) is 17.5. The maximum Gasteiger partial charge on any atom is 0.342 e. The van der Waals surface area contributed by atoms with Crippen LogP contribution in [0.15, 0.2) is 6.07 Å². The first-order chi connectivity index (χ1) is 12.0. The lowest BCUT2D eigenvalue weighted by atomic mass is 9.93. The van der Waals surface area contributed by atoms with E-state index in [1.165, 1.54) is 21.1 Å². The molecule has 0 spiro atoms. The van der Waals surface area contributed by atoms with Crippen LogP contribution >= 0.6 is 0 Å². The highest BCUT2D eigenvalue weighted by Crippen LogP contribution is 2.50. The summed E-state index contributed by atoms with van der Waals surface area (Å²) < 4.78 is 27.6. The van der Waals surface area contributed by atoms with E-state index in [4.69, 9.17) is 23.7 Å². The first-order valence-electron chi connectivity index (χ1n) is 8.33. The van der Waals surface area contributed by atoms with Gasteiger partial charge in [-0.05, 0) is 12.5 Å². The minimum Gasteiger partial charge on any atom is -0.493 e. The molecule has 0 aliphatic carbocycles. The smallest absolute Gasteiger partial charge is 0.342 e. The molecule has 2 aliphatic rings. The summed E-state index contributed by atoms with van der Waals surface area (Å²) in [4.78, 5) is 24.1. The average molecular weight is 350 g/mol. The van der Waals surface area contributed by atoms with Crippen molar-refractivity contribution in [1.82, 2.24) is 0 Å². The molecule has 2 heterocycles. The zero-order valence-corrected chi connectivity index (χ0v) is 14.8. The van der Waals surface area contributed by atoms with Gasteiger partial charge in [0.2, 0.25) is 5.75 Å². The van der Waals surface area contributed by atoms with Gasteiger partial charge in [-0.15, -0.1) is 0 Å². The fourth-order valence-electron chi connectivity index (χ4n) is 3.48. The van der Waals surface area contributed by atoms with Gasteiger partial charge >= 0.3 is 11.9 Å². The van der Waals surface area contributed by atoms with Crippen LogP contribution in [0.25, 0.3) is 0 Å². The Labute approximate surface area is 146 Å². The topological polar surface area (TPSA) is 80.3 Å². The lowest BCUT2D eigenvalue weighted by Gasteiger charge is -2.29. The van der Waals surface area contributed by atoms with Crippen LogP contribution in [0.3, 0.4) is 0 Å². The molecule has 1 aromatic carbocycles. The van der Waals surface area contributed by atoms with Crippen molar-refractivity contribution in [3.05, 3.63) is 17.2 Å². The monoisotopic (exact) mass is 350 g/mol. The van der Waals surface area contributed by atoms with Crippen LogP contribution in [0.2, 0.25) is 0 Å². The second-order valence-electron chi connectivity index (χ2n) is 6.15. The van der Waals surface area contributed by atoms with Crippen LogP contribution in [-0.2, 0) is 14.3 Å². The molecular formula is C18H22O7. The van der Waals surface area contributed by atoms with E-state index in [2.05, 4.69) is 6.92 Å². The van der Waals surface area contributed by atoms with Gasteiger partial charge in [0.05, 0.1) is 20.3 Å². The van der Waals surface area contributed by atoms with Gasteiger partial charge in [0.15, 0.2) is 11.5 Å². The van der Waals surface area contributed by atoms with Gasteiger partial charge in [0.25, 0.3) is 0 Å². The summed E-state index contributed by atoms with van der Waals surface area (Å²) in [6.07, 6.45) is 1.81. The molecule has 136 valence electrons. The van der Waals surface area contributed by atoms with Crippen molar-refractivity contribution in [2.75, 3.05) is 14.2 Å². The molecule has 0 saturated carbocycles. The van der Waals surface area contributed by atoms with E-state index in [-0.39, 0.29) is 29.3 Å². The van der Waals surface area contributed by atoms with Crippen LogP contribution in [0.1, 0.15) is 55.1 Å². The Kier molecular flexibility index (Phi) is 4.85. The van der Waals surface area contributed by atoms with Crippen molar-refractivity contribution in [1.29, 1.82) is 0 Å². The summed E-state index contributed by atoms with van der Waals surface area (Å²) in [6, 6.07) is 1.70. The van der Waals surface area contributed by atoms with E-state index in [0.717, 1.165) is 12.8 Å². The molecule has 1 saturated heterocycles. The van der Waals surface area contributed by atoms with Crippen molar-refractivity contribution >= 4 is 11.9 Å². The van der Waals surface area contributed by atoms with Crippen molar-refractivity contribution in [3.63, 3.8) is 0 Å². The molecule has 25 heavy (non-hydrogen) atoms. The fourth-order valence-corrected chi connectivity index (χ4v) is 3.48. The van der Waals surface area contributed by atoms with Crippen LogP contribution in [0.4, 0.5) is 0 Å². The summed E-state index contributed by atoms with van der Waals surface area (Å²) in [5, 5.41) is 0. The summed E-state index contributed by atoms with van der Waals surface area (Å²) in [7, 11) is 2.90. The molecule has 3 atom stereocenters. The van der Waals surface area contributed by atoms with Gasteiger partial charge < -0.3 is 23.7 Å². The Morgan fingerprint density at radius 1 is 1.28 bits per heavy atom. The van der Waals surface area contributed by atoms with E-state index >= 15 is 0 Å². The Hall–Kier alpha value is -2.28. The quantitative estimate of drug-likeness (QED) is 0.597.